The predicted octanol–water partition coefficient (Wildman–Crippen LogP) is 6.42. The number of fused-ring (bicyclic) bond motifs is 12. The maximum Gasteiger partial charge on any atom is 0.115 e. The highest BCUT2D eigenvalue weighted by molar-refractivity contribution is 5.72. The molecule has 0 unspecified atom stereocenters. The van der Waals surface area contributed by atoms with E-state index in [0.29, 0.717) is 78.5 Å². The van der Waals surface area contributed by atoms with E-state index in [1.165, 1.54) is 44.5 Å². The first kappa shape index (κ1) is 45.3. The topological polar surface area (TPSA) is 189 Å². The zero-order chi connectivity index (χ0) is 48.7. The molecule has 4 fully saturated rings. The maximum atomic E-state index is 10.8. The standard InChI is InChI=1S/4C14H14N2O2/c4*17-14(5-6-18-8-14)13-11-4-2-1-3-10(11)12-7-15-9-16(12)13/h4*1-4,7,9,13,17H,5-6,8H2/t2*13-,14+;2*13-,14-/m1010/s1. The highest BCUT2D eigenvalue weighted by atomic mass is 16.5. The second-order valence-electron chi connectivity index (χ2n) is 20.3. The van der Waals surface area contributed by atoms with Crippen molar-refractivity contribution in [3.05, 3.63) is 169 Å². The average Bonchev–Trinajstić information content (AvgIpc) is 4.22. The third kappa shape index (κ3) is 7.18. The third-order valence-corrected chi connectivity index (χ3v) is 16.1. The van der Waals surface area contributed by atoms with Crippen molar-refractivity contribution in [3.8, 4) is 45.0 Å². The SMILES string of the molecule is O[C@@]1([C@@H]2c3ccccc3-c3cncn32)CCOC1.O[C@@]1([C@H]2c3ccccc3-c3cncn32)CCOC1.O[C@]1([C@@H]2c3ccccc3-c3cncn32)CCOC1.O[C@]1([C@H]2c3ccccc3-c3cncn32)CCOC1. The summed E-state index contributed by atoms with van der Waals surface area (Å²) in [6, 6.07) is 32.5. The summed E-state index contributed by atoms with van der Waals surface area (Å²) in [4.78, 5) is 16.8. The van der Waals surface area contributed by atoms with E-state index in [2.05, 4.69) is 86.7 Å². The predicted molar refractivity (Wildman–Crippen MR) is 265 cm³/mol. The van der Waals surface area contributed by atoms with Crippen LogP contribution in [0, 0.1) is 0 Å². The summed E-state index contributed by atoms with van der Waals surface area (Å²) in [5, 5.41) is 43.3. The molecule has 4 aromatic heterocycles. The molecule has 0 bridgehead atoms. The van der Waals surface area contributed by atoms with E-state index >= 15 is 0 Å². The molecule has 8 aromatic rings. The Balaban J connectivity index is 0.0000000933. The molecule has 16 rings (SSSR count). The van der Waals surface area contributed by atoms with Gasteiger partial charge in [-0.15, -0.1) is 0 Å². The lowest BCUT2D eigenvalue weighted by atomic mass is 9.87. The third-order valence-electron chi connectivity index (χ3n) is 16.1. The van der Waals surface area contributed by atoms with Crippen molar-refractivity contribution in [2.75, 3.05) is 52.9 Å². The summed E-state index contributed by atoms with van der Waals surface area (Å²) < 4.78 is 29.9. The largest absolute Gasteiger partial charge is 0.385 e. The van der Waals surface area contributed by atoms with E-state index < -0.39 is 22.4 Å². The molecule has 8 aliphatic heterocycles. The van der Waals surface area contributed by atoms with Gasteiger partial charge < -0.3 is 57.6 Å². The quantitative estimate of drug-likeness (QED) is 0.152. The van der Waals surface area contributed by atoms with Gasteiger partial charge in [-0.25, -0.2) is 19.9 Å². The first-order valence-corrected chi connectivity index (χ1v) is 24.8. The van der Waals surface area contributed by atoms with Gasteiger partial charge in [0.05, 0.1) is 123 Å². The summed E-state index contributed by atoms with van der Waals surface area (Å²) in [6.45, 7) is 4.07. The second kappa shape index (κ2) is 17.6. The van der Waals surface area contributed by atoms with Crippen molar-refractivity contribution in [3.63, 3.8) is 0 Å². The molecule has 4 saturated heterocycles. The Hall–Kier alpha value is -6.60. The fourth-order valence-corrected chi connectivity index (χ4v) is 12.7. The van der Waals surface area contributed by atoms with Crippen molar-refractivity contribution in [2.45, 2.75) is 72.3 Å². The lowest BCUT2D eigenvalue weighted by Crippen LogP contribution is -2.39. The minimum absolute atomic E-state index is 0.0753. The smallest absolute Gasteiger partial charge is 0.115 e. The lowest BCUT2D eigenvalue weighted by molar-refractivity contribution is -0.00455. The van der Waals surface area contributed by atoms with Gasteiger partial charge in [0.15, 0.2) is 0 Å². The Bertz CT molecular complexity index is 2830. The van der Waals surface area contributed by atoms with Crippen molar-refractivity contribution < 1.29 is 39.4 Å². The van der Waals surface area contributed by atoms with Crippen LogP contribution in [0.4, 0.5) is 0 Å². The molecule has 368 valence electrons. The fraction of sp³-hybridized carbons (Fsp3) is 0.357. The molecule has 8 aliphatic rings. The molecule has 4 aromatic carbocycles. The van der Waals surface area contributed by atoms with Crippen molar-refractivity contribution in [1.29, 1.82) is 0 Å². The Morgan fingerprint density at radius 3 is 0.778 bits per heavy atom. The van der Waals surface area contributed by atoms with Gasteiger partial charge in [0.25, 0.3) is 0 Å². The van der Waals surface area contributed by atoms with Crippen LogP contribution in [0.15, 0.2) is 147 Å². The van der Waals surface area contributed by atoms with Gasteiger partial charge in [0.2, 0.25) is 0 Å². The Morgan fingerprint density at radius 2 is 0.569 bits per heavy atom. The molecule has 4 N–H and O–H groups in total. The number of hydrogen-bond acceptors (Lipinski definition) is 12. The first-order valence-electron chi connectivity index (χ1n) is 24.8. The molecule has 72 heavy (non-hydrogen) atoms. The van der Waals surface area contributed by atoms with Crippen LogP contribution in [0.3, 0.4) is 0 Å². The van der Waals surface area contributed by atoms with E-state index in [4.69, 9.17) is 18.9 Å². The van der Waals surface area contributed by atoms with Crippen molar-refractivity contribution in [2.24, 2.45) is 0 Å². The average molecular weight is 969 g/mol. The summed E-state index contributed by atoms with van der Waals surface area (Å²) >= 11 is 0. The highest BCUT2D eigenvalue weighted by Gasteiger charge is 2.50. The number of nitrogens with zero attached hydrogens (tertiary/aromatic N) is 8. The maximum absolute atomic E-state index is 10.8. The van der Waals surface area contributed by atoms with E-state index in [1.54, 1.807) is 25.3 Å². The molecule has 8 atom stereocenters. The number of ether oxygens (including phenoxy) is 4. The van der Waals surface area contributed by atoms with Crippen LogP contribution >= 0.6 is 0 Å². The number of hydrogen-bond donors (Lipinski definition) is 4. The van der Waals surface area contributed by atoms with Gasteiger partial charge in [-0.2, -0.15) is 0 Å². The van der Waals surface area contributed by atoms with E-state index in [9.17, 15) is 20.4 Å². The van der Waals surface area contributed by atoms with E-state index in [0.717, 1.165) is 22.8 Å². The summed E-state index contributed by atoms with van der Waals surface area (Å²) in [6.07, 6.45) is 17.3. The van der Waals surface area contributed by atoms with Gasteiger partial charge >= 0.3 is 0 Å². The molecule has 0 amide bonds. The van der Waals surface area contributed by atoms with Gasteiger partial charge in [-0.1, -0.05) is 97.1 Å². The zero-order valence-electron chi connectivity index (χ0n) is 39.7. The summed E-state index contributed by atoms with van der Waals surface area (Å²) in [5.41, 5.74) is 10.4. The molecular weight excluding hydrogens is 913 g/mol. The normalized spacial score (nSPS) is 29.3. The Kier molecular flexibility index (Phi) is 11.0. The number of rotatable bonds is 4. The van der Waals surface area contributed by atoms with Gasteiger partial charge in [0.1, 0.15) is 22.4 Å². The molecule has 0 saturated carbocycles. The number of aliphatic hydroxyl groups is 4. The minimum Gasteiger partial charge on any atom is -0.385 e. The van der Waals surface area contributed by atoms with Gasteiger partial charge in [-0.3, -0.25) is 0 Å². The van der Waals surface area contributed by atoms with Crippen LogP contribution in [0.5, 0.6) is 0 Å². The monoisotopic (exact) mass is 968 g/mol. The molecular formula is C56H56N8O8. The van der Waals surface area contributed by atoms with E-state index in [1.807, 2.05) is 73.3 Å². The van der Waals surface area contributed by atoms with Crippen LogP contribution in [-0.2, 0) is 18.9 Å². The Morgan fingerprint density at radius 1 is 0.347 bits per heavy atom. The van der Waals surface area contributed by atoms with Crippen molar-refractivity contribution >= 4 is 0 Å². The fourth-order valence-electron chi connectivity index (χ4n) is 12.7. The molecule has 0 aliphatic carbocycles. The molecule has 16 heteroatoms. The van der Waals surface area contributed by atoms with Crippen LogP contribution in [0.1, 0.15) is 72.1 Å². The summed E-state index contributed by atoms with van der Waals surface area (Å²) in [7, 11) is 0. The van der Waals surface area contributed by atoms with Crippen LogP contribution in [0.25, 0.3) is 45.0 Å². The van der Waals surface area contributed by atoms with Crippen LogP contribution in [0.2, 0.25) is 0 Å². The van der Waals surface area contributed by atoms with Crippen molar-refractivity contribution in [1.82, 2.24) is 38.2 Å². The van der Waals surface area contributed by atoms with Crippen LogP contribution in [-0.4, -0.2) is 134 Å². The Labute approximate surface area is 415 Å². The second-order valence-corrected chi connectivity index (χ2v) is 20.3. The number of imidazole rings is 4. The van der Waals surface area contributed by atoms with Gasteiger partial charge in [0, 0.05) is 74.4 Å². The number of aromatic nitrogens is 8. The van der Waals surface area contributed by atoms with Crippen LogP contribution < -0.4 is 0 Å². The molecule has 0 radical (unpaired) electrons. The zero-order valence-corrected chi connectivity index (χ0v) is 39.7. The van der Waals surface area contributed by atoms with Gasteiger partial charge in [-0.05, 0) is 22.3 Å². The lowest BCUT2D eigenvalue weighted by Gasteiger charge is -2.30. The molecule has 16 nitrogen and oxygen atoms in total. The molecule has 0 spiro atoms. The minimum atomic E-state index is -0.817. The first-order chi connectivity index (χ1) is 35.2. The molecule has 12 heterocycles. The summed E-state index contributed by atoms with van der Waals surface area (Å²) in [5.74, 6) is 0. The number of benzene rings is 4. The van der Waals surface area contributed by atoms with E-state index in [-0.39, 0.29) is 24.2 Å². The highest BCUT2D eigenvalue weighted by Crippen LogP contribution is 2.50.